The second kappa shape index (κ2) is 9.99. The molecule has 1 atom stereocenters. The molecule has 2 aromatic rings. The monoisotopic (exact) mass is 373 g/mol. The molecule has 2 N–H and O–H groups in total. The van der Waals surface area contributed by atoms with Crippen molar-refractivity contribution in [3.05, 3.63) is 54.0 Å². The van der Waals surface area contributed by atoms with Gasteiger partial charge in [-0.25, -0.2) is 4.79 Å². The van der Waals surface area contributed by atoms with E-state index in [0.717, 1.165) is 36.6 Å². The number of rotatable bonds is 8. The van der Waals surface area contributed by atoms with Crippen molar-refractivity contribution in [2.75, 3.05) is 46.5 Å². The summed E-state index contributed by atoms with van der Waals surface area (Å²) in [6.07, 6.45) is 2.43. The summed E-state index contributed by atoms with van der Waals surface area (Å²) >= 11 is 0. The molecule has 1 aliphatic heterocycles. The first kappa shape index (κ1) is 19.3. The van der Waals surface area contributed by atoms with Gasteiger partial charge in [-0.3, -0.25) is 4.90 Å². The summed E-state index contributed by atoms with van der Waals surface area (Å²) in [5.74, 6) is 1.69. The average Bonchev–Trinajstić information content (AvgIpc) is 3.24. The Morgan fingerprint density at radius 1 is 1.19 bits per heavy atom. The van der Waals surface area contributed by atoms with Gasteiger partial charge < -0.3 is 24.5 Å². The molecule has 0 bridgehead atoms. The molecule has 0 radical (unpaired) electrons. The first-order chi connectivity index (χ1) is 13.3. The van der Waals surface area contributed by atoms with Crippen LogP contribution in [-0.4, -0.2) is 57.4 Å². The number of carbonyl (C=O) groups excluding carboxylic acids is 1. The zero-order chi connectivity index (χ0) is 18.9. The molecule has 1 unspecified atom stereocenters. The topological polar surface area (TPSA) is 76.0 Å². The lowest BCUT2D eigenvalue weighted by Gasteiger charge is -2.33. The highest BCUT2D eigenvalue weighted by Crippen LogP contribution is 2.21. The minimum absolute atomic E-state index is 0.0104. The highest BCUT2D eigenvalue weighted by Gasteiger charge is 2.25. The molecule has 1 fully saturated rings. The minimum atomic E-state index is -0.173. The molecular formula is C20H27N3O4. The van der Waals surface area contributed by atoms with Gasteiger partial charge in [0.2, 0.25) is 0 Å². The van der Waals surface area contributed by atoms with Crippen LogP contribution < -0.4 is 15.4 Å². The van der Waals surface area contributed by atoms with Gasteiger partial charge in [0.05, 0.1) is 32.6 Å². The number of nitrogens with zero attached hydrogens (tertiary/aromatic N) is 1. The van der Waals surface area contributed by atoms with Crippen molar-refractivity contribution >= 4 is 6.03 Å². The van der Waals surface area contributed by atoms with Crippen molar-refractivity contribution in [1.29, 1.82) is 0 Å². The molecule has 1 aromatic carbocycles. The van der Waals surface area contributed by atoms with Gasteiger partial charge >= 0.3 is 6.03 Å². The minimum Gasteiger partial charge on any atom is -0.497 e. The Bertz CT molecular complexity index is 682. The maximum atomic E-state index is 12.2. The van der Waals surface area contributed by atoms with Gasteiger partial charge in [0.1, 0.15) is 11.5 Å². The smallest absolute Gasteiger partial charge is 0.314 e. The molecule has 1 saturated heterocycles. The summed E-state index contributed by atoms with van der Waals surface area (Å²) < 4.78 is 16.1. The molecule has 0 spiro atoms. The predicted octanol–water partition coefficient (Wildman–Crippen LogP) is 2.20. The third kappa shape index (κ3) is 5.74. The summed E-state index contributed by atoms with van der Waals surface area (Å²) in [6.45, 7) is 4.11. The van der Waals surface area contributed by atoms with Crippen LogP contribution in [0.3, 0.4) is 0 Å². The molecule has 146 valence electrons. The normalized spacial score (nSPS) is 15.9. The number of amides is 2. The van der Waals surface area contributed by atoms with Crippen molar-refractivity contribution in [1.82, 2.24) is 15.5 Å². The van der Waals surface area contributed by atoms with E-state index in [2.05, 4.69) is 15.5 Å². The fourth-order valence-corrected chi connectivity index (χ4v) is 3.14. The van der Waals surface area contributed by atoms with E-state index in [1.54, 1.807) is 13.4 Å². The fourth-order valence-electron chi connectivity index (χ4n) is 3.14. The summed E-state index contributed by atoms with van der Waals surface area (Å²) in [5.41, 5.74) is 1.15. The summed E-state index contributed by atoms with van der Waals surface area (Å²) in [5, 5.41) is 5.87. The van der Waals surface area contributed by atoms with E-state index >= 15 is 0 Å². The Morgan fingerprint density at radius 2 is 1.96 bits per heavy atom. The van der Waals surface area contributed by atoms with Crippen molar-refractivity contribution in [3.8, 4) is 5.75 Å². The highest BCUT2D eigenvalue weighted by atomic mass is 16.5. The average molecular weight is 373 g/mol. The van der Waals surface area contributed by atoms with Gasteiger partial charge in [0.15, 0.2) is 0 Å². The van der Waals surface area contributed by atoms with E-state index in [1.165, 1.54) is 0 Å². The molecule has 1 aromatic heterocycles. The van der Waals surface area contributed by atoms with Crippen LogP contribution in [0, 0.1) is 0 Å². The van der Waals surface area contributed by atoms with Crippen LogP contribution >= 0.6 is 0 Å². The molecule has 3 rings (SSSR count). The third-order valence-corrected chi connectivity index (χ3v) is 4.67. The SMILES string of the molecule is COc1ccc(CCNC(=O)NCC(c2ccco2)N2CCOCC2)cc1. The molecule has 0 saturated carbocycles. The Kier molecular flexibility index (Phi) is 7.12. The summed E-state index contributed by atoms with van der Waals surface area (Å²) in [4.78, 5) is 14.5. The standard InChI is InChI=1S/C20H27N3O4/c1-25-17-6-4-16(5-7-17)8-9-21-20(24)22-15-18(19-3-2-12-27-19)23-10-13-26-14-11-23/h2-7,12,18H,8-11,13-15H2,1H3,(H2,21,22,24). The maximum Gasteiger partial charge on any atom is 0.314 e. The van der Waals surface area contributed by atoms with Gasteiger partial charge in [0, 0.05) is 26.2 Å². The van der Waals surface area contributed by atoms with Gasteiger partial charge in [-0.1, -0.05) is 12.1 Å². The van der Waals surface area contributed by atoms with E-state index in [4.69, 9.17) is 13.9 Å². The van der Waals surface area contributed by atoms with Crippen LogP contribution in [-0.2, 0) is 11.2 Å². The molecular weight excluding hydrogens is 346 g/mol. The number of hydrogen-bond donors (Lipinski definition) is 2. The molecule has 2 heterocycles. The van der Waals surface area contributed by atoms with Crippen LogP contribution in [0.15, 0.2) is 47.1 Å². The molecule has 1 aliphatic rings. The number of nitrogens with one attached hydrogen (secondary N) is 2. The van der Waals surface area contributed by atoms with Gasteiger partial charge in [-0.15, -0.1) is 0 Å². The molecule has 7 heteroatoms. The number of hydrogen-bond acceptors (Lipinski definition) is 5. The number of carbonyl (C=O) groups is 1. The zero-order valence-electron chi connectivity index (χ0n) is 15.6. The Balaban J connectivity index is 1.44. The van der Waals surface area contributed by atoms with Crippen molar-refractivity contribution in [2.24, 2.45) is 0 Å². The second-order valence-electron chi connectivity index (χ2n) is 6.41. The third-order valence-electron chi connectivity index (χ3n) is 4.67. The maximum absolute atomic E-state index is 12.2. The van der Waals surface area contributed by atoms with E-state index < -0.39 is 0 Å². The number of furan rings is 1. The van der Waals surface area contributed by atoms with Gasteiger partial charge in [0.25, 0.3) is 0 Å². The first-order valence-corrected chi connectivity index (χ1v) is 9.26. The summed E-state index contributed by atoms with van der Waals surface area (Å²) in [7, 11) is 1.65. The Labute approximate surface area is 159 Å². The molecule has 0 aliphatic carbocycles. The van der Waals surface area contributed by atoms with Crippen LogP contribution in [0.4, 0.5) is 4.79 Å². The number of methoxy groups -OCH3 is 1. The van der Waals surface area contributed by atoms with Crippen LogP contribution in [0.5, 0.6) is 5.75 Å². The second-order valence-corrected chi connectivity index (χ2v) is 6.41. The largest absolute Gasteiger partial charge is 0.497 e. The van der Waals surface area contributed by atoms with Crippen molar-refractivity contribution in [3.63, 3.8) is 0 Å². The fraction of sp³-hybridized carbons (Fsp3) is 0.450. The van der Waals surface area contributed by atoms with Gasteiger partial charge in [-0.05, 0) is 36.2 Å². The lowest BCUT2D eigenvalue weighted by Crippen LogP contribution is -2.45. The van der Waals surface area contributed by atoms with Crippen LogP contribution in [0.2, 0.25) is 0 Å². The quantitative estimate of drug-likeness (QED) is 0.742. The van der Waals surface area contributed by atoms with E-state index in [-0.39, 0.29) is 12.1 Å². The number of morpholine rings is 1. The van der Waals surface area contributed by atoms with Crippen molar-refractivity contribution in [2.45, 2.75) is 12.5 Å². The lowest BCUT2D eigenvalue weighted by molar-refractivity contribution is 0.0123. The first-order valence-electron chi connectivity index (χ1n) is 9.26. The van der Waals surface area contributed by atoms with E-state index in [1.807, 2.05) is 36.4 Å². The van der Waals surface area contributed by atoms with Crippen molar-refractivity contribution < 1.29 is 18.7 Å². The lowest BCUT2D eigenvalue weighted by atomic mass is 10.1. The molecule has 7 nitrogen and oxygen atoms in total. The van der Waals surface area contributed by atoms with Crippen LogP contribution in [0.1, 0.15) is 17.4 Å². The Morgan fingerprint density at radius 3 is 2.63 bits per heavy atom. The Hall–Kier alpha value is -2.51. The molecule has 27 heavy (non-hydrogen) atoms. The van der Waals surface area contributed by atoms with Gasteiger partial charge in [-0.2, -0.15) is 0 Å². The predicted molar refractivity (Wildman–Crippen MR) is 102 cm³/mol. The number of ether oxygens (including phenoxy) is 2. The molecule has 2 amide bonds. The highest BCUT2D eigenvalue weighted by molar-refractivity contribution is 5.73. The number of benzene rings is 1. The number of urea groups is 1. The van der Waals surface area contributed by atoms with E-state index in [9.17, 15) is 4.79 Å². The van der Waals surface area contributed by atoms with Crippen LogP contribution in [0.25, 0.3) is 0 Å². The zero-order valence-corrected chi connectivity index (χ0v) is 15.6. The summed E-state index contributed by atoms with van der Waals surface area (Å²) in [6, 6.07) is 11.5. The van der Waals surface area contributed by atoms with E-state index in [0.29, 0.717) is 26.3 Å².